The second-order valence-corrected chi connectivity index (χ2v) is 6.71. The van der Waals surface area contributed by atoms with Gasteiger partial charge in [-0.1, -0.05) is 18.7 Å². The molecule has 0 amide bonds. The van der Waals surface area contributed by atoms with Gasteiger partial charge in [-0.15, -0.1) is 0 Å². The van der Waals surface area contributed by atoms with Crippen molar-refractivity contribution in [3.05, 3.63) is 65.3 Å². The molecule has 0 aliphatic rings. The fraction of sp³-hybridized carbons (Fsp3) is 0.208. The molecule has 30 heavy (non-hydrogen) atoms. The monoisotopic (exact) mass is 408 g/mol. The summed E-state index contributed by atoms with van der Waals surface area (Å²) >= 11 is 0. The molecule has 0 aromatic heterocycles. The van der Waals surface area contributed by atoms with Crippen molar-refractivity contribution in [1.82, 2.24) is 0 Å². The Morgan fingerprint density at radius 1 is 1.07 bits per heavy atom. The van der Waals surface area contributed by atoms with Gasteiger partial charge in [0.05, 0.1) is 0 Å². The highest BCUT2D eigenvalue weighted by molar-refractivity contribution is 5.87. The van der Waals surface area contributed by atoms with Crippen LogP contribution < -0.4 is 9.47 Å². The van der Waals surface area contributed by atoms with Crippen molar-refractivity contribution in [3.8, 4) is 22.6 Å². The number of hydrogen-bond donors (Lipinski definition) is 0. The van der Waals surface area contributed by atoms with Crippen molar-refractivity contribution in [2.24, 2.45) is 0 Å². The highest BCUT2D eigenvalue weighted by atomic mass is 16.6. The van der Waals surface area contributed by atoms with Crippen molar-refractivity contribution in [2.75, 3.05) is 13.2 Å². The first-order valence-electron chi connectivity index (χ1n) is 9.30. The normalized spacial score (nSPS) is 10.8. The van der Waals surface area contributed by atoms with E-state index in [2.05, 4.69) is 6.58 Å². The number of allylic oxidation sites excluding steroid dienone is 1. The minimum Gasteiger partial charge on any atom is -0.490 e. The van der Waals surface area contributed by atoms with Crippen molar-refractivity contribution in [2.45, 2.75) is 20.8 Å². The van der Waals surface area contributed by atoms with E-state index in [0.717, 1.165) is 23.0 Å². The van der Waals surface area contributed by atoms with Crippen LogP contribution in [0.1, 0.15) is 25.0 Å². The molecule has 2 aromatic carbocycles. The van der Waals surface area contributed by atoms with Crippen LogP contribution in [0.5, 0.6) is 11.5 Å². The molecule has 0 saturated heterocycles. The molecule has 0 saturated carbocycles. The molecular formula is C24H24O6. The van der Waals surface area contributed by atoms with Gasteiger partial charge < -0.3 is 14.2 Å². The molecule has 0 N–H and O–H groups in total. The molecule has 6 heteroatoms. The van der Waals surface area contributed by atoms with Crippen molar-refractivity contribution in [1.29, 1.82) is 0 Å². The maximum atomic E-state index is 11.3. The topological polar surface area (TPSA) is 78.9 Å². The molecule has 0 atom stereocenters. The van der Waals surface area contributed by atoms with Gasteiger partial charge >= 0.3 is 5.97 Å². The minimum atomic E-state index is -0.445. The summed E-state index contributed by atoms with van der Waals surface area (Å²) in [6.45, 7) is 9.44. The van der Waals surface area contributed by atoms with Gasteiger partial charge in [0, 0.05) is 11.1 Å². The van der Waals surface area contributed by atoms with E-state index in [1.807, 2.05) is 25.1 Å². The largest absolute Gasteiger partial charge is 0.490 e. The lowest BCUT2D eigenvalue weighted by atomic mass is 9.97. The molecule has 0 fully saturated rings. The fourth-order valence-corrected chi connectivity index (χ4v) is 2.72. The zero-order chi connectivity index (χ0) is 22.1. The number of esters is 1. The second-order valence-electron chi connectivity index (χ2n) is 6.71. The third kappa shape index (κ3) is 6.17. The van der Waals surface area contributed by atoms with Crippen LogP contribution in [0.4, 0.5) is 0 Å². The van der Waals surface area contributed by atoms with Gasteiger partial charge in [0.2, 0.25) is 0 Å². The van der Waals surface area contributed by atoms with Crippen LogP contribution in [-0.2, 0) is 19.1 Å². The Hall–Kier alpha value is -3.67. The molecule has 0 spiro atoms. The molecule has 0 aliphatic carbocycles. The highest BCUT2D eigenvalue weighted by Gasteiger charge is 2.10. The maximum absolute atomic E-state index is 11.3. The molecule has 0 aliphatic heterocycles. The smallest absolute Gasteiger partial charge is 0.333 e. The van der Waals surface area contributed by atoms with Crippen molar-refractivity contribution in [3.63, 3.8) is 0 Å². The number of benzene rings is 2. The van der Waals surface area contributed by atoms with E-state index in [1.165, 1.54) is 0 Å². The summed E-state index contributed by atoms with van der Waals surface area (Å²) in [6, 6.07) is 11.0. The lowest BCUT2D eigenvalue weighted by Gasteiger charge is -2.13. The van der Waals surface area contributed by atoms with Gasteiger partial charge in [0.1, 0.15) is 31.0 Å². The van der Waals surface area contributed by atoms with Crippen LogP contribution in [0.25, 0.3) is 17.2 Å². The minimum absolute atomic E-state index is 0.133. The van der Waals surface area contributed by atoms with E-state index >= 15 is 0 Å². The third-order valence-electron chi connectivity index (χ3n) is 4.20. The molecule has 6 nitrogen and oxygen atoms in total. The van der Waals surface area contributed by atoms with Gasteiger partial charge in [0.15, 0.2) is 0 Å². The van der Waals surface area contributed by atoms with Crippen LogP contribution in [0.15, 0.2) is 54.1 Å². The average Bonchev–Trinajstić information content (AvgIpc) is 2.73. The number of ether oxygens (including phenoxy) is 3. The molecule has 0 bridgehead atoms. The van der Waals surface area contributed by atoms with E-state index in [-0.39, 0.29) is 13.2 Å². The Kier molecular flexibility index (Phi) is 8.11. The summed E-state index contributed by atoms with van der Waals surface area (Å²) in [7, 11) is 0. The van der Waals surface area contributed by atoms with E-state index in [4.69, 9.17) is 14.2 Å². The summed E-state index contributed by atoms with van der Waals surface area (Å²) in [4.78, 5) is 33.2. The van der Waals surface area contributed by atoms with Crippen molar-refractivity contribution < 1.29 is 28.6 Å². The van der Waals surface area contributed by atoms with Gasteiger partial charge in [-0.25, -0.2) is 4.79 Å². The Balaban J connectivity index is 2.16. The highest BCUT2D eigenvalue weighted by Crippen LogP contribution is 2.33. The molecule has 2 rings (SSSR count). The van der Waals surface area contributed by atoms with E-state index in [1.54, 1.807) is 38.1 Å². The number of carbonyl (C=O) groups excluding carboxylic acids is 3. The molecule has 156 valence electrons. The van der Waals surface area contributed by atoms with Crippen LogP contribution in [0.2, 0.25) is 0 Å². The zero-order valence-electron chi connectivity index (χ0n) is 17.3. The first-order chi connectivity index (χ1) is 14.3. The van der Waals surface area contributed by atoms with Gasteiger partial charge in [-0.3, -0.25) is 9.59 Å². The van der Waals surface area contributed by atoms with Crippen LogP contribution in [0.3, 0.4) is 0 Å². The molecule has 0 heterocycles. The second kappa shape index (κ2) is 10.8. The van der Waals surface area contributed by atoms with E-state index in [0.29, 0.717) is 34.7 Å². The van der Waals surface area contributed by atoms with E-state index in [9.17, 15) is 14.4 Å². The van der Waals surface area contributed by atoms with Crippen LogP contribution in [0, 0.1) is 6.92 Å². The van der Waals surface area contributed by atoms with Crippen LogP contribution >= 0.6 is 0 Å². The Morgan fingerprint density at radius 3 is 2.37 bits per heavy atom. The summed E-state index contributed by atoms with van der Waals surface area (Å²) in [5, 5.41) is 0. The average molecular weight is 408 g/mol. The first-order valence-corrected chi connectivity index (χ1v) is 9.30. The molecule has 0 radical (unpaired) electrons. The molecule has 0 unspecified atom stereocenters. The van der Waals surface area contributed by atoms with Gasteiger partial charge in [-0.2, -0.15) is 0 Å². The Morgan fingerprint density at radius 2 is 1.77 bits per heavy atom. The number of carbonyl (C=O) groups is 3. The fourth-order valence-electron chi connectivity index (χ4n) is 2.72. The summed E-state index contributed by atoms with van der Waals surface area (Å²) in [5.74, 6) is 0.555. The third-order valence-corrected chi connectivity index (χ3v) is 4.20. The van der Waals surface area contributed by atoms with Gasteiger partial charge in [-0.05, 0) is 73.4 Å². The Bertz CT molecular complexity index is 970. The van der Waals surface area contributed by atoms with E-state index < -0.39 is 5.97 Å². The Labute approximate surface area is 175 Å². The predicted molar refractivity (Wildman–Crippen MR) is 114 cm³/mol. The number of aldehydes is 1. The standard InChI is InChI=1S/C24H24O6/c1-16(2)24(27)29-10-9-28-21-7-5-19(6-8-21)22-13-23(30-15-26)20(12-18(22)4)11-17(3)14-25/h5-8,11-15H,1,9-10H2,2-4H3/b17-11+. The summed E-state index contributed by atoms with van der Waals surface area (Å²) in [6.07, 6.45) is 2.41. The first kappa shape index (κ1) is 22.6. The molecular weight excluding hydrogens is 384 g/mol. The molecule has 2 aromatic rings. The quantitative estimate of drug-likeness (QED) is 0.252. The lowest BCUT2D eigenvalue weighted by molar-refractivity contribution is -0.139. The number of rotatable bonds is 10. The number of aryl methyl sites for hydroxylation is 1. The zero-order valence-corrected chi connectivity index (χ0v) is 17.3. The predicted octanol–water partition coefficient (Wildman–Crippen LogP) is 4.30. The summed E-state index contributed by atoms with van der Waals surface area (Å²) < 4.78 is 15.7. The SMILES string of the molecule is C=C(C)C(=O)OCCOc1ccc(-c2cc(OC=O)c(/C=C(\C)C=O)cc2C)cc1. The maximum Gasteiger partial charge on any atom is 0.333 e. The lowest BCUT2D eigenvalue weighted by Crippen LogP contribution is -2.12. The summed E-state index contributed by atoms with van der Waals surface area (Å²) in [5.41, 5.74) is 4.27. The van der Waals surface area contributed by atoms with Crippen LogP contribution in [-0.4, -0.2) is 31.9 Å². The van der Waals surface area contributed by atoms with Gasteiger partial charge in [0.25, 0.3) is 6.47 Å². The van der Waals surface area contributed by atoms with Crippen molar-refractivity contribution >= 4 is 24.8 Å². The number of hydrogen-bond acceptors (Lipinski definition) is 6.